The predicted molar refractivity (Wildman–Crippen MR) is 139 cm³/mol. The Labute approximate surface area is 195 Å². The molecular weight excluding hydrogens is 372 g/mol. The molecule has 0 spiro atoms. The van der Waals surface area contributed by atoms with Crippen LogP contribution in [0, 0.1) is 35.5 Å². The molecule has 0 heterocycles. The molecule has 31 heavy (non-hydrogen) atoms. The lowest BCUT2D eigenvalue weighted by Gasteiger charge is -2.26. The SMILES string of the molecule is CCCCCCC[C@H]1CC[C@H](C=CC#CC=C[C@H]2CC[C@H](CCCCCC)CC2)CC1. The van der Waals surface area contributed by atoms with E-state index in [1.165, 1.54) is 122 Å². The summed E-state index contributed by atoms with van der Waals surface area (Å²) >= 11 is 0. The van der Waals surface area contributed by atoms with Crippen LogP contribution in [0.15, 0.2) is 24.3 Å². The summed E-state index contributed by atoms with van der Waals surface area (Å²) in [5.41, 5.74) is 0. The average molecular weight is 425 g/mol. The van der Waals surface area contributed by atoms with Crippen molar-refractivity contribution in [2.24, 2.45) is 23.7 Å². The van der Waals surface area contributed by atoms with Gasteiger partial charge in [-0.25, -0.2) is 0 Å². The van der Waals surface area contributed by atoms with Gasteiger partial charge in [-0.1, -0.05) is 108 Å². The molecular formula is C31H52. The molecule has 2 aliphatic carbocycles. The molecule has 0 N–H and O–H groups in total. The fourth-order valence-corrected chi connectivity index (χ4v) is 5.70. The monoisotopic (exact) mass is 424 g/mol. The number of hydrogen-bond donors (Lipinski definition) is 0. The van der Waals surface area contributed by atoms with Gasteiger partial charge in [-0.3, -0.25) is 0 Å². The van der Waals surface area contributed by atoms with Crippen LogP contribution in [0.25, 0.3) is 0 Å². The smallest absolute Gasteiger partial charge is 0.0153 e. The highest BCUT2D eigenvalue weighted by Crippen LogP contribution is 2.33. The summed E-state index contributed by atoms with van der Waals surface area (Å²) in [5, 5.41) is 0. The van der Waals surface area contributed by atoms with E-state index in [2.05, 4.69) is 50.0 Å². The Hall–Kier alpha value is -0.960. The molecule has 0 saturated heterocycles. The maximum Gasteiger partial charge on any atom is -0.0153 e. The van der Waals surface area contributed by atoms with Crippen molar-refractivity contribution >= 4 is 0 Å². The highest BCUT2D eigenvalue weighted by molar-refractivity contribution is 5.24. The van der Waals surface area contributed by atoms with Crippen molar-refractivity contribution in [3.05, 3.63) is 24.3 Å². The van der Waals surface area contributed by atoms with Crippen LogP contribution in [0.3, 0.4) is 0 Å². The Bertz CT molecular complexity index is 526. The minimum absolute atomic E-state index is 0.780. The normalized spacial score (nSPS) is 26.9. The molecule has 0 nitrogen and oxygen atoms in total. The first-order valence-electron chi connectivity index (χ1n) is 14.2. The number of rotatable bonds is 13. The van der Waals surface area contributed by atoms with Gasteiger partial charge in [0.05, 0.1) is 0 Å². The van der Waals surface area contributed by atoms with Crippen molar-refractivity contribution in [2.75, 3.05) is 0 Å². The van der Waals surface area contributed by atoms with E-state index >= 15 is 0 Å². The van der Waals surface area contributed by atoms with Crippen molar-refractivity contribution in [3.63, 3.8) is 0 Å². The van der Waals surface area contributed by atoms with E-state index in [0.29, 0.717) is 0 Å². The van der Waals surface area contributed by atoms with Crippen LogP contribution >= 0.6 is 0 Å². The Morgan fingerprint density at radius 3 is 1.32 bits per heavy atom. The molecule has 0 amide bonds. The zero-order valence-electron chi connectivity index (χ0n) is 21.1. The third-order valence-corrected chi connectivity index (χ3v) is 7.95. The zero-order chi connectivity index (χ0) is 22.0. The molecule has 0 heteroatoms. The summed E-state index contributed by atoms with van der Waals surface area (Å²) in [7, 11) is 0. The second kappa shape index (κ2) is 17.6. The zero-order valence-corrected chi connectivity index (χ0v) is 21.1. The van der Waals surface area contributed by atoms with E-state index in [0.717, 1.165) is 23.7 Å². The van der Waals surface area contributed by atoms with E-state index in [-0.39, 0.29) is 0 Å². The summed E-state index contributed by atoms with van der Waals surface area (Å²) in [6, 6.07) is 0. The molecule has 2 saturated carbocycles. The van der Waals surface area contributed by atoms with Gasteiger partial charge >= 0.3 is 0 Å². The third-order valence-electron chi connectivity index (χ3n) is 7.95. The van der Waals surface area contributed by atoms with Gasteiger partial charge in [0.2, 0.25) is 0 Å². The maximum atomic E-state index is 3.27. The van der Waals surface area contributed by atoms with Crippen LogP contribution < -0.4 is 0 Å². The minimum Gasteiger partial charge on any atom is -0.0730 e. The number of unbranched alkanes of at least 4 members (excludes halogenated alkanes) is 7. The standard InChI is InChI=1S/C31H52/c1-3-5-7-9-13-17-29-24-26-31(27-25-29)19-15-11-10-14-18-30-22-20-28(21-23-30)16-12-8-6-4-2/h14-15,18-19,28-31H,3-9,12-13,16-17,20-27H2,1-2H3/t28-,29-,30-,31-. The maximum absolute atomic E-state index is 3.27. The lowest BCUT2D eigenvalue weighted by Crippen LogP contribution is -2.13. The molecule has 0 aromatic carbocycles. The van der Waals surface area contributed by atoms with Crippen LogP contribution in [0.4, 0.5) is 0 Å². The Morgan fingerprint density at radius 1 is 0.516 bits per heavy atom. The van der Waals surface area contributed by atoms with Crippen LogP contribution in [-0.2, 0) is 0 Å². The Balaban J connectivity index is 1.52. The second-order valence-electron chi connectivity index (χ2n) is 10.6. The van der Waals surface area contributed by atoms with Gasteiger partial charge < -0.3 is 0 Å². The summed E-state index contributed by atoms with van der Waals surface area (Å²) in [5.74, 6) is 10.1. The summed E-state index contributed by atoms with van der Waals surface area (Å²) in [4.78, 5) is 0. The van der Waals surface area contributed by atoms with Gasteiger partial charge in [0.1, 0.15) is 0 Å². The predicted octanol–water partition coefficient (Wildman–Crippen LogP) is 10.0. The van der Waals surface area contributed by atoms with Gasteiger partial charge in [0, 0.05) is 0 Å². The fourth-order valence-electron chi connectivity index (χ4n) is 5.70. The molecule has 2 fully saturated rings. The first-order valence-corrected chi connectivity index (χ1v) is 14.2. The topological polar surface area (TPSA) is 0 Å². The van der Waals surface area contributed by atoms with Crippen molar-refractivity contribution in [1.29, 1.82) is 0 Å². The highest BCUT2D eigenvalue weighted by Gasteiger charge is 2.19. The van der Waals surface area contributed by atoms with Crippen LogP contribution in [0.2, 0.25) is 0 Å². The van der Waals surface area contributed by atoms with Crippen LogP contribution in [0.1, 0.15) is 136 Å². The molecule has 0 aromatic rings. The lowest BCUT2D eigenvalue weighted by atomic mass is 9.79. The van der Waals surface area contributed by atoms with Crippen molar-refractivity contribution < 1.29 is 0 Å². The lowest BCUT2D eigenvalue weighted by molar-refractivity contribution is 0.288. The first kappa shape index (κ1) is 26.3. The van der Waals surface area contributed by atoms with Gasteiger partial charge in [0.15, 0.2) is 0 Å². The van der Waals surface area contributed by atoms with E-state index < -0.39 is 0 Å². The average Bonchev–Trinajstić information content (AvgIpc) is 2.80. The van der Waals surface area contributed by atoms with Crippen LogP contribution in [0.5, 0.6) is 0 Å². The summed E-state index contributed by atoms with van der Waals surface area (Å²) in [6.07, 6.45) is 36.1. The molecule has 0 radical (unpaired) electrons. The largest absolute Gasteiger partial charge is 0.0730 e. The van der Waals surface area contributed by atoms with Gasteiger partial charge in [0.25, 0.3) is 0 Å². The fraction of sp³-hybridized carbons (Fsp3) is 0.806. The van der Waals surface area contributed by atoms with Crippen molar-refractivity contribution in [1.82, 2.24) is 0 Å². The van der Waals surface area contributed by atoms with Gasteiger partial charge in [-0.15, -0.1) is 0 Å². The molecule has 0 aliphatic heterocycles. The number of hydrogen-bond acceptors (Lipinski definition) is 0. The first-order chi connectivity index (χ1) is 15.3. The van der Waals surface area contributed by atoms with E-state index in [9.17, 15) is 0 Å². The molecule has 0 atom stereocenters. The Morgan fingerprint density at radius 2 is 0.903 bits per heavy atom. The molecule has 0 aromatic heterocycles. The van der Waals surface area contributed by atoms with Gasteiger partial charge in [-0.05, 0) is 87.2 Å². The molecule has 2 aliphatic rings. The summed E-state index contributed by atoms with van der Waals surface area (Å²) in [6.45, 7) is 4.61. The van der Waals surface area contributed by atoms with E-state index in [4.69, 9.17) is 0 Å². The van der Waals surface area contributed by atoms with E-state index in [1.54, 1.807) is 0 Å². The molecule has 0 unspecified atom stereocenters. The summed E-state index contributed by atoms with van der Waals surface area (Å²) < 4.78 is 0. The van der Waals surface area contributed by atoms with Crippen molar-refractivity contribution in [2.45, 2.75) is 136 Å². The molecule has 2 rings (SSSR count). The number of allylic oxidation sites excluding steroid dienone is 4. The molecule has 176 valence electrons. The third kappa shape index (κ3) is 12.6. The Kier molecular flexibility index (Phi) is 14.9. The quantitative estimate of drug-likeness (QED) is 0.204. The second-order valence-corrected chi connectivity index (χ2v) is 10.6. The van der Waals surface area contributed by atoms with Crippen LogP contribution in [-0.4, -0.2) is 0 Å². The highest BCUT2D eigenvalue weighted by atomic mass is 14.2. The van der Waals surface area contributed by atoms with E-state index in [1.807, 2.05) is 0 Å². The minimum atomic E-state index is 0.780. The molecule has 0 bridgehead atoms. The van der Waals surface area contributed by atoms with Gasteiger partial charge in [-0.2, -0.15) is 0 Å². The van der Waals surface area contributed by atoms with Crippen molar-refractivity contribution in [3.8, 4) is 11.8 Å².